The molecule has 3 N–H and O–H groups in total. The molecule has 0 fully saturated rings. The smallest absolute Gasteiger partial charge is 0.134 e. The minimum Gasteiger partial charge on any atom is -0.508 e. The number of phenols is 1. The van der Waals surface area contributed by atoms with Crippen molar-refractivity contribution in [3.05, 3.63) is 36.8 Å². The third kappa shape index (κ3) is 1.50. The van der Waals surface area contributed by atoms with Crippen LogP contribution in [0, 0.1) is 0 Å². The van der Waals surface area contributed by atoms with Crippen molar-refractivity contribution in [3.63, 3.8) is 0 Å². The van der Waals surface area contributed by atoms with E-state index in [1.54, 1.807) is 24.4 Å². The quantitative estimate of drug-likeness (QED) is 0.708. The first-order valence-electron chi connectivity index (χ1n) is 4.12. The van der Waals surface area contributed by atoms with Crippen molar-refractivity contribution in [2.45, 2.75) is 0 Å². The summed E-state index contributed by atoms with van der Waals surface area (Å²) >= 11 is 0. The molecule has 0 aliphatic rings. The van der Waals surface area contributed by atoms with Crippen LogP contribution in [0.25, 0.3) is 11.1 Å². The molecule has 0 unspecified atom stereocenters. The van der Waals surface area contributed by atoms with Gasteiger partial charge < -0.3 is 10.8 Å². The van der Waals surface area contributed by atoms with Gasteiger partial charge in [0.05, 0.1) is 0 Å². The van der Waals surface area contributed by atoms with Crippen molar-refractivity contribution in [3.8, 4) is 16.9 Å². The Morgan fingerprint density at radius 2 is 2.14 bits per heavy atom. The maximum atomic E-state index is 9.28. The SMILES string of the molecule is Nc1ncncc1-c1cccc(O)c1. The van der Waals surface area contributed by atoms with E-state index in [0.29, 0.717) is 5.82 Å². The number of aromatic nitrogens is 2. The molecule has 0 aliphatic carbocycles. The zero-order valence-corrected chi connectivity index (χ0v) is 7.38. The lowest BCUT2D eigenvalue weighted by Gasteiger charge is -2.03. The van der Waals surface area contributed by atoms with Gasteiger partial charge in [0, 0.05) is 11.8 Å². The van der Waals surface area contributed by atoms with Gasteiger partial charge in [0.15, 0.2) is 0 Å². The number of nitrogens with two attached hydrogens (primary N) is 1. The maximum absolute atomic E-state index is 9.28. The highest BCUT2D eigenvalue weighted by Gasteiger charge is 2.03. The Balaban J connectivity index is 2.55. The highest BCUT2D eigenvalue weighted by atomic mass is 16.3. The van der Waals surface area contributed by atoms with Crippen molar-refractivity contribution in [2.75, 3.05) is 5.73 Å². The van der Waals surface area contributed by atoms with E-state index in [1.165, 1.54) is 6.33 Å². The Kier molecular flexibility index (Phi) is 2.02. The summed E-state index contributed by atoms with van der Waals surface area (Å²) in [6, 6.07) is 6.81. The minimum atomic E-state index is 0.200. The summed E-state index contributed by atoms with van der Waals surface area (Å²) in [4.78, 5) is 7.75. The molecule has 0 spiro atoms. The molecule has 0 amide bonds. The summed E-state index contributed by atoms with van der Waals surface area (Å²) in [5.74, 6) is 0.608. The summed E-state index contributed by atoms with van der Waals surface area (Å²) in [5, 5.41) is 9.28. The third-order valence-corrected chi connectivity index (χ3v) is 1.90. The van der Waals surface area contributed by atoms with Crippen LogP contribution < -0.4 is 5.73 Å². The van der Waals surface area contributed by atoms with Crippen molar-refractivity contribution >= 4 is 5.82 Å². The second kappa shape index (κ2) is 3.33. The minimum absolute atomic E-state index is 0.200. The number of anilines is 1. The summed E-state index contributed by atoms with van der Waals surface area (Å²) in [7, 11) is 0. The Morgan fingerprint density at radius 3 is 2.86 bits per heavy atom. The first-order chi connectivity index (χ1) is 6.77. The molecule has 0 bridgehead atoms. The van der Waals surface area contributed by atoms with Crippen LogP contribution in [0.4, 0.5) is 5.82 Å². The fraction of sp³-hybridized carbons (Fsp3) is 0. The molecule has 0 atom stereocenters. The lowest BCUT2D eigenvalue weighted by Crippen LogP contribution is -1.94. The fourth-order valence-corrected chi connectivity index (χ4v) is 1.23. The molecule has 70 valence electrons. The fourth-order valence-electron chi connectivity index (χ4n) is 1.23. The summed E-state index contributed by atoms with van der Waals surface area (Å²) in [5.41, 5.74) is 7.20. The van der Waals surface area contributed by atoms with Gasteiger partial charge in [-0.1, -0.05) is 12.1 Å². The first-order valence-corrected chi connectivity index (χ1v) is 4.12. The molecule has 0 radical (unpaired) electrons. The van der Waals surface area contributed by atoms with E-state index in [2.05, 4.69) is 9.97 Å². The predicted molar refractivity (Wildman–Crippen MR) is 53.5 cm³/mol. The van der Waals surface area contributed by atoms with Crippen LogP contribution in [0.5, 0.6) is 5.75 Å². The number of rotatable bonds is 1. The number of phenolic OH excluding ortho intramolecular Hbond substituents is 1. The number of benzene rings is 1. The molecule has 2 aromatic rings. The van der Waals surface area contributed by atoms with Gasteiger partial charge in [0.1, 0.15) is 17.9 Å². The molecular formula is C10H9N3O. The van der Waals surface area contributed by atoms with Gasteiger partial charge in [-0.15, -0.1) is 0 Å². The molecule has 1 aromatic heterocycles. The number of aromatic hydroxyl groups is 1. The lowest BCUT2D eigenvalue weighted by atomic mass is 10.1. The van der Waals surface area contributed by atoms with Crippen LogP contribution in [0.15, 0.2) is 36.8 Å². The number of nitrogens with zero attached hydrogens (tertiary/aromatic N) is 2. The average Bonchev–Trinajstić information content (AvgIpc) is 2.18. The van der Waals surface area contributed by atoms with Crippen LogP contribution in [-0.4, -0.2) is 15.1 Å². The van der Waals surface area contributed by atoms with Gasteiger partial charge in [-0.3, -0.25) is 0 Å². The van der Waals surface area contributed by atoms with E-state index in [-0.39, 0.29) is 5.75 Å². The van der Waals surface area contributed by atoms with Crippen LogP contribution in [0.1, 0.15) is 0 Å². The molecule has 14 heavy (non-hydrogen) atoms. The van der Waals surface area contributed by atoms with Gasteiger partial charge >= 0.3 is 0 Å². The maximum Gasteiger partial charge on any atom is 0.134 e. The van der Waals surface area contributed by atoms with Crippen molar-refractivity contribution in [1.82, 2.24) is 9.97 Å². The zero-order valence-electron chi connectivity index (χ0n) is 7.38. The third-order valence-electron chi connectivity index (χ3n) is 1.90. The van der Waals surface area contributed by atoms with E-state index in [0.717, 1.165) is 11.1 Å². The molecule has 4 nitrogen and oxygen atoms in total. The number of nitrogen functional groups attached to an aromatic ring is 1. The highest BCUT2D eigenvalue weighted by molar-refractivity contribution is 5.73. The van der Waals surface area contributed by atoms with Gasteiger partial charge in [-0.2, -0.15) is 0 Å². The van der Waals surface area contributed by atoms with E-state index in [4.69, 9.17) is 5.73 Å². The molecule has 0 saturated carbocycles. The van der Waals surface area contributed by atoms with Crippen molar-refractivity contribution in [1.29, 1.82) is 0 Å². The van der Waals surface area contributed by atoms with Crippen molar-refractivity contribution in [2.24, 2.45) is 0 Å². The van der Waals surface area contributed by atoms with Crippen LogP contribution in [-0.2, 0) is 0 Å². The van der Waals surface area contributed by atoms with E-state index >= 15 is 0 Å². The van der Waals surface area contributed by atoms with Gasteiger partial charge in [0.2, 0.25) is 0 Å². The molecule has 0 saturated heterocycles. The van der Waals surface area contributed by atoms with Gasteiger partial charge in [-0.05, 0) is 17.7 Å². The largest absolute Gasteiger partial charge is 0.508 e. The normalized spacial score (nSPS) is 10.0. The van der Waals surface area contributed by atoms with Gasteiger partial charge in [-0.25, -0.2) is 9.97 Å². The molecule has 2 rings (SSSR count). The van der Waals surface area contributed by atoms with Gasteiger partial charge in [0.25, 0.3) is 0 Å². The van der Waals surface area contributed by atoms with E-state index in [1.807, 2.05) is 6.07 Å². The summed E-state index contributed by atoms with van der Waals surface area (Å²) < 4.78 is 0. The summed E-state index contributed by atoms with van der Waals surface area (Å²) in [6.07, 6.45) is 3.01. The summed E-state index contributed by atoms with van der Waals surface area (Å²) in [6.45, 7) is 0. The number of hydrogen-bond donors (Lipinski definition) is 2. The van der Waals surface area contributed by atoms with Crippen LogP contribution in [0.3, 0.4) is 0 Å². The first kappa shape index (κ1) is 8.50. The number of hydrogen-bond acceptors (Lipinski definition) is 4. The highest BCUT2D eigenvalue weighted by Crippen LogP contribution is 2.25. The van der Waals surface area contributed by atoms with Crippen LogP contribution in [0.2, 0.25) is 0 Å². The second-order valence-corrected chi connectivity index (χ2v) is 2.87. The molecular weight excluding hydrogens is 178 g/mol. The average molecular weight is 187 g/mol. The predicted octanol–water partition coefficient (Wildman–Crippen LogP) is 1.43. The standard InChI is InChI=1S/C10H9N3O/c11-10-9(5-12-6-13-10)7-2-1-3-8(14)4-7/h1-6,14H,(H2,11,12,13). The Hall–Kier alpha value is -2.10. The molecule has 0 aliphatic heterocycles. The molecule has 1 aromatic carbocycles. The molecule has 4 heteroatoms. The van der Waals surface area contributed by atoms with E-state index < -0.39 is 0 Å². The Labute approximate surface area is 81.1 Å². The Morgan fingerprint density at radius 1 is 1.29 bits per heavy atom. The monoisotopic (exact) mass is 187 g/mol. The van der Waals surface area contributed by atoms with E-state index in [9.17, 15) is 5.11 Å². The zero-order chi connectivity index (χ0) is 9.97. The van der Waals surface area contributed by atoms with Crippen LogP contribution >= 0.6 is 0 Å². The lowest BCUT2D eigenvalue weighted by molar-refractivity contribution is 0.475. The molecule has 1 heterocycles. The Bertz CT molecular complexity index is 457. The second-order valence-electron chi connectivity index (χ2n) is 2.87. The van der Waals surface area contributed by atoms with Crippen molar-refractivity contribution < 1.29 is 5.11 Å². The topological polar surface area (TPSA) is 72.0 Å².